The molecule has 1 aliphatic heterocycles. The number of imidazole rings is 1. The first kappa shape index (κ1) is 10.7. The lowest BCUT2D eigenvalue weighted by molar-refractivity contribution is 0.307. The second kappa shape index (κ2) is 4.35. The molecule has 1 fully saturated rings. The molecule has 2 unspecified atom stereocenters. The summed E-state index contributed by atoms with van der Waals surface area (Å²) in [5, 5.41) is 3.49. The summed E-state index contributed by atoms with van der Waals surface area (Å²) < 4.78 is 2.38. The Kier molecular flexibility index (Phi) is 3.10. The summed E-state index contributed by atoms with van der Waals surface area (Å²) in [5.74, 6) is 0.567. The number of rotatable bonds is 2. The molecule has 1 saturated heterocycles. The van der Waals surface area contributed by atoms with Gasteiger partial charge in [-0.1, -0.05) is 13.8 Å². The Morgan fingerprint density at radius 1 is 1.53 bits per heavy atom. The number of nitrogens with one attached hydrogen (secondary N) is 1. The Morgan fingerprint density at radius 3 is 3.00 bits per heavy atom. The minimum Gasteiger partial charge on any atom is -0.331 e. The van der Waals surface area contributed by atoms with Crippen LogP contribution in [-0.2, 0) is 0 Å². The summed E-state index contributed by atoms with van der Waals surface area (Å²) in [6.45, 7) is 7.86. The lowest BCUT2D eigenvalue weighted by atomic mass is 9.99. The molecule has 0 saturated carbocycles. The van der Waals surface area contributed by atoms with E-state index >= 15 is 0 Å². The predicted octanol–water partition coefficient (Wildman–Crippen LogP) is 2.32. The number of hydrogen-bond donors (Lipinski definition) is 1. The van der Waals surface area contributed by atoms with E-state index in [1.807, 2.05) is 12.5 Å². The van der Waals surface area contributed by atoms with Crippen LogP contribution in [0.2, 0.25) is 0 Å². The maximum absolute atomic E-state index is 4.29. The third-order valence-corrected chi connectivity index (χ3v) is 3.28. The fourth-order valence-corrected chi connectivity index (χ4v) is 2.43. The molecule has 3 nitrogen and oxygen atoms in total. The van der Waals surface area contributed by atoms with E-state index in [4.69, 9.17) is 0 Å². The van der Waals surface area contributed by atoms with E-state index in [1.54, 1.807) is 0 Å². The van der Waals surface area contributed by atoms with Crippen LogP contribution >= 0.6 is 0 Å². The van der Waals surface area contributed by atoms with Gasteiger partial charge in [0.2, 0.25) is 0 Å². The Bertz CT molecular complexity index is 316. The SMILES string of the molecule is CC1CC(n2cncc2C(C)C)CCN1. The van der Waals surface area contributed by atoms with Crippen LogP contribution in [0.3, 0.4) is 0 Å². The lowest BCUT2D eigenvalue weighted by Gasteiger charge is -2.30. The summed E-state index contributed by atoms with van der Waals surface area (Å²) in [6.07, 6.45) is 6.45. The van der Waals surface area contributed by atoms with Crippen molar-refractivity contribution in [2.75, 3.05) is 6.54 Å². The van der Waals surface area contributed by atoms with Crippen molar-refractivity contribution in [2.24, 2.45) is 0 Å². The summed E-state index contributed by atoms with van der Waals surface area (Å²) in [4.78, 5) is 4.29. The molecule has 0 amide bonds. The van der Waals surface area contributed by atoms with Crippen LogP contribution in [0.25, 0.3) is 0 Å². The molecule has 0 aromatic carbocycles. The largest absolute Gasteiger partial charge is 0.331 e. The normalized spacial score (nSPS) is 27.2. The maximum atomic E-state index is 4.29. The molecule has 2 atom stereocenters. The molecule has 0 radical (unpaired) electrons. The van der Waals surface area contributed by atoms with Gasteiger partial charge in [-0.15, -0.1) is 0 Å². The minimum absolute atomic E-state index is 0.567. The maximum Gasteiger partial charge on any atom is 0.0950 e. The highest BCUT2D eigenvalue weighted by Crippen LogP contribution is 2.26. The zero-order valence-electron chi connectivity index (χ0n) is 9.90. The van der Waals surface area contributed by atoms with Crippen molar-refractivity contribution >= 4 is 0 Å². The molecule has 0 aliphatic carbocycles. The number of aromatic nitrogens is 2. The Morgan fingerprint density at radius 2 is 2.33 bits per heavy atom. The van der Waals surface area contributed by atoms with E-state index in [2.05, 4.69) is 35.6 Å². The van der Waals surface area contributed by atoms with Gasteiger partial charge in [0.25, 0.3) is 0 Å². The van der Waals surface area contributed by atoms with Gasteiger partial charge in [-0.25, -0.2) is 4.98 Å². The van der Waals surface area contributed by atoms with Crippen molar-refractivity contribution in [3.63, 3.8) is 0 Å². The second-order valence-corrected chi connectivity index (χ2v) is 4.91. The summed E-state index contributed by atoms with van der Waals surface area (Å²) >= 11 is 0. The monoisotopic (exact) mass is 207 g/mol. The van der Waals surface area contributed by atoms with Gasteiger partial charge < -0.3 is 9.88 Å². The molecule has 84 valence electrons. The van der Waals surface area contributed by atoms with Crippen LogP contribution in [0.5, 0.6) is 0 Å². The lowest BCUT2D eigenvalue weighted by Crippen LogP contribution is -2.37. The van der Waals surface area contributed by atoms with Crippen LogP contribution in [0.15, 0.2) is 12.5 Å². The van der Waals surface area contributed by atoms with Gasteiger partial charge in [0.15, 0.2) is 0 Å². The second-order valence-electron chi connectivity index (χ2n) is 4.91. The van der Waals surface area contributed by atoms with E-state index in [0.29, 0.717) is 18.0 Å². The van der Waals surface area contributed by atoms with E-state index in [0.717, 1.165) is 6.54 Å². The fourth-order valence-electron chi connectivity index (χ4n) is 2.43. The van der Waals surface area contributed by atoms with Crippen molar-refractivity contribution in [1.82, 2.24) is 14.9 Å². The minimum atomic E-state index is 0.567. The first-order valence-corrected chi connectivity index (χ1v) is 5.93. The third-order valence-electron chi connectivity index (χ3n) is 3.28. The van der Waals surface area contributed by atoms with Crippen molar-refractivity contribution in [3.8, 4) is 0 Å². The van der Waals surface area contributed by atoms with Crippen molar-refractivity contribution < 1.29 is 0 Å². The highest BCUT2D eigenvalue weighted by molar-refractivity contribution is 5.06. The van der Waals surface area contributed by atoms with E-state index < -0.39 is 0 Å². The molecule has 3 heteroatoms. The van der Waals surface area contributed by atoms with E-state index in [9.17, 15) is 0 Å². The molecule has 2 rings (SSSR count). The van der Waals surface area contributed by atoms with Gasteiger partial charge in [-0.2, -0.15) is 0 Å². The van der Waals surface area contributed by atoms with Crippen LogP contribution in [0.4, 0.5) is 0 Å². The molecule has 0 bridgehead atoms. The first-order chi connectivity index (χ1) is 7.18. The molecule has 0 spiro atoms. The highest BCUT2D eigenvalue weighted by Gasteiger charge is 2.21. The predicted molar refractivity (Wildman–Crippen MR) is 62.1 cm³/mol. The molecule has 1 aliphatic rings. The topological polar surface area (TPSA) is 29.9 Å². The van der Waals surface area contributed by atoms with Gasteiger partial charge in [0, 0.05) is 24.0 Å². The van der Waals surface area contributed by atoms with E-state index in [-0.39, 0.29) is 0 Å². The van der Waals surface area contributed by atoms with Gasteiger partial charge in [0.1, 0.15) is 0 Å². The number of hydrogen-bond acceptors (Lipinski definition) is 2. The Labute approximate surface area is 91.9 Å². The number of nitrogens with zero attached hydrogens (tertiary/aromatic N) is 2. The zero-order chi connectivity index (χ0) is 10.8. The molecular formula is C12H21N3. The molecule has 2 heterocycles. The van der Waals surface area contributed by atoms with Crippen molar-refractivity contribution in [3.05, 3.63) is 18.2 Å². The standard InChI is InChI=1S/C12H21N3/c1-9(2)12-7-13-8-15(12)11-4-5-14-10(3)6-11/h7-11,14H,4-6H2,1-3H3. The molecule has 15 heavy (non-hydrogen) atoms. The Balaban J connectivity index is 2.17. The van der Waals surface area contributed by atoms with Gasteiger partial charge in [0.05, 0.1) is 6.33 Å². The third kappa shape index (κ3) is 2.23. The summed E-state index contributed by atoms with van der Waals surface area (Å²) in [7, 11) is 0. The number of piperidine rings is 1. The van der Waals surface area contributed by atoms with Crippen LogP contribution in [0, 0.1) is 0 Å². The first-order valence-electron chi connectivity index (χ1n) is 5.93. The molecule has 1 aromatic heterocycles. The molecule has 1 aromatic rings. The summed E-state index contributed by atoms with van der Waals surface area (Å²) in [6, 6.07) is 1.27. The summed E-state index contributed by atoms with van der Waals surface area (Å²) in [5.41, 5.74) is 1.37. The van der Waals surface area contributed by atoms with Crippen LogP contribution in [-0.4, -0.2) is 22.1 Å². The molecular weight excluding hydrogens is 186 g/mol. The van der Waals surface area contributed by atoms with Crippen molar-refractivity contribution in [1.29, 1.82) is 0 Å². The van der Waals surface area contributed by atoms with Gasteiger partial charge in [-0.3, -0.25) is 0 Å². The van der Waals surface area contributed by atoms with Crippen LogP contribution < -0.4 is 5.32 Å². The van der Waals surface area contributed by atoms with Gasteiger partial charge >= 0.3 is 0 Å². The van der Waals surface area contributed by atoms with Crippen molar-refractivity contribution in [2.45, 2.75) is 51.6 Å². The average Bonchev–Trinajstić information content (AvgIpc) is 2.65. The highest BCUT2D eigenvalue weighted by atomic mass is 15.1. The zero-order valence-corrected chi connectivity index (χ0v) is 9.90. The van der Waals surface area contributed by atoms with Crippen LogP contribution in [0.1, 0.15) is 51.3 Å². The average molecular weight is 207 g/mol. The fraction of sp³-hybridized carbons (Fsp3) is 0.750. The smallest absolute Gasteiger partial charge is 0.0950 e. The Hall–Kier alpha value is -0.830. The van der Waals surface area contributed by atoms with E-state index in [1.165, 1.54) is 18.5 Å². The quantitative estimate of drug-likeness (QED) is 0.806. The van der Waals surface area contributed by atoms with Gasteiger partial charge in [-0.05, 0) is 32.2 Å². The molecule has 1 N–H and O–H groups in total.